The van der Waals surface area contributed by atoms with E-state index in [-0.39, 0.29) is 17.9 Å². The highest BCUT2D eigenvalue weighted by atomic mass is 19.4. The Morgan fingerprint density at radius 3 is 2.74 bits per heavy atom. The summed E-state index contributed by atoms with van der Waals surface area (Å²) in [6.07, 6.45) is -2.60. The average Bonchev–Trinajstić information content (AvgIpc) is 2.30. The van der Waals surface area contributed by atoms with E-state index in [1.54, 1.807) is 0 Å². The Morgan fingerprint density at radius 2 is 2.11 bits per heavy atom. The summed E-state index contributed by atoms with van der Waals surface area (Å²) in [6, 6.07) is 1.83. The van der Waals surface area contributed by atoms with Crippen molar-refractivity contribution < 1.29 is 13.2 Å². The van der Waals surface area contributed by atoms with E-state index in [2.05, 4.69) is 20.6 Å². The molecule has 2 atom stereocenters. The van der Waals surface area contributed by atoms with Crippen molar-refractivity contribution in [2.75, 3.05) is 11.9 Å². The minimum absolute atomic E-state index is 0.0872. The largest absolute Gasteiger partial charge is 0.451 e. The van der Waals surface area contributed by atoms with Crippen LogP contribution in [0.3, 0.4) is 0 Å². The molecule has 0 aliphatic carbocycles. The standard InChI is InChI=1S/C12H17F3N4/c1-7-6-10(19-11(17-7)12(13,14)15)18-9-4-3-5-16-8(9)2/h6,8-9,16H,3-5H2,1-2H3,(H,17,18,19). The van der Waals surface area contributed by atoms with E-state index >= 15 is 0 Å². The van der Waals surface area contributed by atoms with E-state index in [0.29, 0.717) is 5.69 Å². The van der Waals surface area contributed by atoms with Crippen LogP contribution >= 0.6 is 0 Å². The van der Waals surface area contributed by atoms with Gasteiger partial charge in [-0.2, -0.15) is 13.2 Å². The van der Waals surface area contributed by atoms with E-state index in [4.69, 9.17) is 0 Å². The number of nitrogens with zero attached hydrogens (tertiary/aromatic N) is 2. The van der Waals surface area contributed by atoms with Crippen molar-refractivity contribution in [3.05, 3.63) is 17.6 Å². The predicted molar refractivity (Wildman–Crippen MR) is 65.9 cm³/mol. The van der Waals surface area contributed by atoms with Gasteiger partial charge in [-0.05, 0) is 33.2 Å². The number of alkyl halides is 3. The topological polar surface area (TPSA) is 49.8 Å². The van der Waals surface area contributed by atoms with Crippen LogP contribution < -0.4 is 10.6 Å². The minimum Gasteiger partial charge on any atom is -0.366 e. The quantitative estimate of drug-likeness (QED) is 0.869. The Kier molecular flexibility index (Phi) is 3.93. The molecule has 0 amide bonds. The van der Waals surface area contributed by atoms with Gasteiger partial charge in [-0.3, -0.25) is 0 Å². The first-order valence-corrected chi connectivity index (χ1v) is 6.29. The second-order valence-electron chi connectivity index (χ2n) is 4.85. The first kappa shape index (κ1) is 14.0. The zero-order chi connectivity index (χ0) is 14.0. The van der Waals surface area contributed by atoms with E-state index in [1.165, 1.54) is 13.0 Å². The van der Waals surface area contributed by atoms with Gasteiger partial charge >= 0.3 is 6.18 Å². The molecule has 106 valence electrons. The summed E-state index contributed by atoms with van der Waals surface area (Å²) in [5, 5.41) is 6.35. The fraction of sp³-hybridized carbons (Fsp3) is 0.667. The summed E-state index contributed by atoms with van der Waals surface area (Å²) in [5.41, 5.74) is 0.307. The van der Waals surface area contributed by atoms with Gasteiger partial charge in [0.25, 0.3) is 0 Å². The van der Waals surface area contributed by atoms with Gasteiger partial charge in [-0.1, -0.05) is 0 Å². The molecule has 0 saturated carbocycles. The lowest BCUT2D eigenvalue weighted by Crippen LogP contribution is -2.46. The van der Waals surface area contributed by atoms with Crippen molar-refractivity contribution in [1.82, 2.24) is 15.3 Å². The van der Waals surface area contributed by atoms with Crippen molar-refractivity contribution >= 4 is 5.82 Å². The summed E-state index contributed by atoms with van der Waals surface area (Å²) < 4.78 is 37.9. The van der Waals surface area contributed by atoms with Gasteiger partial charge in [-0.15, -0.1) is 0 Å². The molecule has 1 aliphatic heterocycles. The number of piperidine rings is 1. The molecule has 2 rings (SSSR count). The molecule has 0 bridgehead atoms. The molecule has 0 aromatic carbocycles. The number of nitrogens with one attached hydrogen (secondary N) is 2. The molecule has 1 aliphatic rings. The highest BCUT2D eigenvalue weighted by molar-refractivity contribution is 5.38. The monoisotopic (exact) mass is 274 g/mol. The fourth-order valence-corrected chi connectivity index (χ4v) is 2.20. The lowest BCUT2D eigenvalue weighted by atomic mass is 10.00. The first-order valence-electron chi connectivity index (χ1n) is 6.29. The maximum atomic E-state index is 12.6. The van der Waals surface area contributed by atoms with Crippen molar-refractivity contribution in [3.63, 3.8) is 0 Å². The number of hydrogen-bond acceptors (Lipinski definition) is 4. The normalized spacial score (nSPS) is 24.3. The van der Waals surface area contributed by atoms with E-state index in [9.17, 15) is 13.2 Å². The SMILES string of the molecule is Cc1cc(NC2CCCNC2C)nc(C(F)(F)F)n1. The van der Waals surface area contributed by atoms with Crippen LogP contribution in [-0.4, -0.2) is 28.6 Å². The second kappa shape index (κ2) is 5.32. The lowest BCUT2D eigenvalue weighted by Gasteiger charge is -2.31. The third-order valence-electron chi connectivity index (χ3n) is 3.20. The highest BCUT2D eigenvalue weighted by Crippen LogP contribution is 2.27. The molecule has 1 aromatic heterocycles. The van der Waals surface area contributed by atoms with Gasteiger partial charge in [0, 0.05) is 23.8 Å². The number of aromatic nitrogens is 2. The van der Waals surface area contributed by atoms with Crippen molar-refractivity contribution in [2.24, 2.45) is 0 Å². The Labute approximate surface area is 109 Å². The third-order valence-corrected chi connectivity index (χ3v) is 3.20. The summed E-state index contributed by atoms with van der Waals surface area (Å²) in [6.45, 7) is 4.48. The average molecular weight is 274 g/mol. The molecular formula is C12H17F3N4. The number of halogens is 3. The van der Waals surface area contributed by atoms with Crippen LogP contribution in [0.1, 0.15) is 31.3 Å². The van der Waals surface area contributed by atoms with Gasteiger partial charge in [-0.25, -0.2) is 9.97 Å². The molecule has 19 heavy (non-hydrogen) atoms. The van der Waals surface area contributed by atoms with Crippen LogP contribution in [0.2, 0.25) is 0 Å². The molecule has 2 heterocycles. The van der Waals surface area contributed by atoms with E-state index in [1.807, 2.05) is 6.92 Å². The van der Waals surface area contributed by atoms with Gasteiger partial charge in [0.1, 0.15) is 5.82 Å². The molecule has 0 radical (unpaired) electrons. The lowest BCUT2D eigenvalue weighted by molar-refractivity contribution is -0.145. The third kappa shape index (κ3) is 3.56. The minimum atomic E-state index is -4.51. The summed E-state index contributed by atoms with van der Waals surface area (Å²) in [7, 11) is 0. The molecular weight excluding hydrogens is 257 g/mol. The maximum Gasteiger partial charge on any atom is 0.451 e. The van der Waals surface area contributed by atoms with Crippen LogP contribution in [-0.2, 0) is 6.18 Å². The number of hydrogen-bond donors (Lipinski definition) is 2. The zero-order valence-corrected chi connectivity index (χ0v) is 10.9. The van der Waals surface area contributed by atoms with Crippen LogP contribution in [0.25, 0.3) is 0 Å². The zero-order valence-electron chi connectivity index (χ0n) is 10.9. The Hall–Kier alpha value is -1.37. The van der Waals surface area contributed by atoms with Crippen molar-refractivity contribution in [3.8, 4) is 0 Å². The maximum absolute atomic E-state index is 12.6. The molecule has 7 heteroatoms. The molecule has 1 saturated heterocycles. The van der Waals surface area contributed by atoms with Gasteiger partial charge in [0.15, 0.2) is 0 Å². The summed E-state index contributed by atoms with van der Waals surface area (Å²) in [4.78, 5) is 6.98. The fourth-order valence-electron chi connectivity index (χ4n) is 2.20. The smallest absolute Gasteiger partial charge is 0.366 e. The Bertz CT molecular complexity index is 447. The molecule has 2 N–H and O–H groups in total. The summed E-state index contributed by atoms with van der Waals surface area (Å²) in [5.74, 6) is -0.855. The Morgan fingerprint density at radius 1 is 1.37 bits per heavy atom. The Balaban J connectivity index is 2.18. The number of aryl methyl sites for hydroxylation is 1. The molecule has 1 aromatic rings. The number of anilines is 1. The summed E-state index contributed by atoms with van der Waals surface area (Å²) >= 11 is 0. The van der Waals surface area contributed by atoms with Crippen molar-refractivity contribution in [1.29, 1.82) is 0 Å². The molecule has 2 unspecified atom stereocenters. The van der Waals surface area contributed by atoms with Gasteiger partial charge in [0.2, 0.25) is 5.82 Å². The van der Waals surface area contributed by atoms with Crippen LogP contribution in [0.15, 0.2) is 6.07 Å². The molecule has 0 spiro atoms. The van der Waals surface area contributed by atoms with Crippen LogP contribution in [0, 0.1) is 6.92 Å². The van der Waals surface area contributed by atoms with Gasteiger partial charge in [0.05, 0.1) is 0 Å². The molecule has 4 nitrogen and oxygen atoms in total. The van der Waals surface area contributed by atoms with Crippen LogP contribution in [0.5, 0.6) is 0 Å². The highest BCUT2D eigenvalue weighted by Gasteiger charge is 2.35. The number of rotatable bonds is 2. The van der Waals surface area contributed by atoms with Crippen molar-refractivity contribution in [2.45, 2.75) is 44.9 Å². The predicted octanol–water partition coefficient (Wildman–Crippen LogP) is 2.36. The van der Waals surface area contributed by atoms with E-state index < -0.39 is 12.0 Å². The molecule has 1 fully saturated rings. The second-order valence-corrected chi connectivity index (χ2v) is 4.85. The van der Waals surface area contributed by atoms with Gasteiger partial charge < -0.3 is 10.6 Å². The van der Waals surface area contributed by atoms with Crippen LogP contribution in [0.4, 0.5) is 19.0 Å². The van der Waals surface area contributed by atoms with E-state index in [0.717, 1.165) is 19.4 Å². The first-order chi connectivity index (χ1) is 8.86.